The number of methoxy groups -OCH3 is 1. The molecule has 0 saturated carbocycles. The summed E-state index contributed by atoms with van der Waals surface area (Å²) in [5, 5.41) is 7.67. The Hall–Kier alpha value is -3.64. The fourth-order valence-electron chi connectivity index (χ4n) is 3.16. The van der Waals surface area contributed by atoms with E-state index < -0.39 is 6.04 Å². The zero-order valence-electron chi connectivity index (χ0n) is 16.8. The highest BCUT2D eigenvalue weighted by Crippen LogP contribution is 2.24. The molecule has 1 aromatic heterocycles. The highest BCUT2D eigenvalue weighted by Gasteiger charge is 2.23. The van der Waals surface area contributed by atoms with Crippen molar-refractivity contribution in [3.05, 3.63) is 101 Å². The predicted octanol–water partition coefficient (Wildman–Crippen LogP) is 5.11. The molecule has 6 nitrogen and oxygen atoms in total. The van der Waals surface area contributed by atoms with Crippen molar-refractivity contribution in [3.8, 4) is 17.1 Å². The summed E-state index contributed by atoms with van der Waals surface area (Å²) in [6, 6.07) is 23.4. The number of amides is 1. The third-order valence-corrected chi connectivity index (χ3v) is 5.00. The number of ether oxygens (including phenoxy) is 1. The van der Waals surface area contributed by atoms with Crippen LogP contribution in [0.4, 0.5) is 0 Å². The number of aromatic nitrogens is 2. The van der Waals surface area contributed by atoms with E-state index in [1.54, 1.807) is 43.5 Å². The average Bonchev–Trinajstić information content (AvgIpc) is 3.30. The largest absolute Gasteiger partial charge is 0.497 e. The van der Waals surface area contributed by atoms with Crippen LogP contribution in [-0.4, -0.2) is 23.2 Å². The molecule has 1 heterocycles. The first-order chi connectivity index (χ1) is 15.1. The minimum absolute atomic E-state index is 0.244. The topological polar surface area (TPSA) is 77.2 Å². The van der Waals surface area contributed by atoms with Crippen LogP contribution in [0.2, 0.25) is 5.02 Å². The van der Waals surface area contributed by atoms with E-state index in [4.69, 9.17) is 20.9 Å². The summed E-state index contributed by atoms with van der Waals surface area (Å²) in [5.74, 6) is 1.17. The average molecular weight is 434 g/mol. The van der Waals surface area contributed by atoms with E-state index in [2.05, 4.69) is 15.5 Å². The number of carbonyl (C=O) groups is 1. The van der Waals surface area contributed by atoms with Crippen molar-refractivity contribution in [2.45, 2.75) is 12.5 Å². The van der Waals surface area contributed by atoms with Crippen molar-refractivity contribution in [3.63, 3.8) is 0 Å². The van der Waals surface area contributed by atoms with Crippen molar-refractivity contribution in [1.29, 1.82) is 0 Å². The van der Waals surface area contributed by atoms with Gasteiger partial charge in [0.1, 0.15) is 11.8 Å². The summed E-state index contributed by atoms with van der Waals surface area (Å²) >= 11 is 6.08. The van der Waals surface area contributed by atoms with Gasteiger partial charge in [-0.25, -0.2) is 0 Å². The predicted molar refractivity (Wildman–Crippen MR) is 118 cm³/mol. The van der Waals surface area contributed by atoms with Crippen LogP contribution < -0.4 is 10.1 Å². The minimum atomic E-state index is -0.502. The van der Waals surface area contributed by atoms with Gasteiger partial charge in [-0.15, -0.1) is 0 Å². The first-order valence-electron chi connectivity index (χ1n) is 9.71. The third-order valence-electron chi connectivity index (χ3n) is 4.76. The minimum Gasteiger partial charge on any atom is -0.497 e. The van der Waals surface area contributed by atoms with Crippen molar-refractivity contribution >= 4 is 17.5 Å². The zero-order valence-corrected chi connectivity index (χ0v) is 17.5. The molecule has 4 rings (SSSR count). The molecule has 0 saturated heterocycles. The van der Waals surface area contributed by atoms with Gasteiger partial charge in [0.25, 0.3) is 5.91 Å². The van der Waals surface area contributed by atoms with Gasteiger partial charge in [0.15, 0.2) is 0 Å². The van der Waals surface area contributed by atoms with Crippen LogP contribution >= 0.6 is 11.6 Å². The molecule has 1 amide bonds. The summed E-state index contributed by atoms with van der Waals surface area (Å²) in [7, 11) is 1.58. The van der Waals surface area contributed by atoms with Crippen LogP contribution in [0.25, 0.3) is 11.4 Å². The van der Waals surface area contributed by atoms with Crippen LogP contribution in [0.1, 0.15) is 27.9 Å². The molecule has 0 aliphatic carbocycles. The number of halogens is 1. The Morgan fingerprint density at radius 1 is 1.06 bits per heavy atom. The number of benzene rings is 3. The van der Waals surface area contributed by atoms with Crippen LogP contribution in [0, 0.1) is 0 Å². The highest BCUT2D eigenvalue weighted by atomic mass is 35.5. The molecule has 0 aliphatic heterocycles. The fourth-order valence-corrected chi connectivity index (χ4v) is 3.35. The maximum absolute atomic E-state index is 12.9. The van der Waals surface area contributed by atoms with Crippen LogP contribution in [0.3, 0.4) is 0 Å². The molecule has 0 spiro atoms. The maximum atomic E-state index is 12.9. The molecular formula is C24H20ClN3O3. The van der Waals surface area contributed by atoms with Gasteiger partial charge in [0, 0.05) is 22.6 Å². The molecular weight excluding hydrogens is 414 g/mol. The maximum Gasteiger partial charge on any atom is 0.251 e. The van der Waals surface area contributed by atoms with Gasteiger partial charge >= 0.3 is 0 Å². The van der Waals surface area contributed by atoms with Crippen molar-refractivity contribution in [2.75, 3.05) is 7.11 Å². The van der Waals surface area contributed by atoms with Gasteiger partial charge in [-0.05, 0) is 42.0 Å². The van der Waals surface area contributed by atoms with Gasteiger partial charge in [0.05, 0.1) is 7.11 Å². The lowest BCUT2D eigenvalue weighted by Crippen LogP contribution is -2.30. The van der Waals surface area contributed by atoms with Crippen molar-refractivity contribution in [2.24, 2.45) is 0 Å². The van der Waals surface area contributed by atoms with E-state index in [-0.39, 0.29) is 5.91 Å². The number of hydrogen-bond donors (Lipinski definition) is 1. The van der Waals surface area contributed by atoms with Crippen LogP contribution in [-0.2, 0) is 6.42 Å². The van der Waals surface area contributed by atoms with E-state index in [1.807, 2.05) is 42.5 Å². The van der Waals surface area contributed by atoms with E-state index in [1.165, 1.54) is 0 Å². The normalized spacial score (nSPS) is 11.7. The first-order valence-corrected chi connectivity index (χ1v) is 10.1. The molecule has 4 aromatic rings. The highest BCUT2D eigenvalue weighted by molar-refractivity contribution is 6.30. The van der Waals surface area contributed by atoms with Crippen LogP contribution in [0.5, 0.6) is 5.75 Å². The monoisotopic (exact) mass is 433 g/mol. The van der Waals surface area contributed by atoms with E-state index in [9.17, 15) is 4.79 Å². The van der Waals surface area contributed by atoms with E-state index >= 15 is 0 Å². The molecule has 0 bridgehead atoms. The number of hydrogen-bond acceptors (Lipinski definition) is 5. The first kappa shape index (κ1) is 20.6. The number of nitrogens with zero attached hydrogens (tertiary/aromatic N) is 2. The Morgan fingerprint density at radius 3 is 2.55 bits per heavy atom. The van der Waals surface area contributed by atoms with Crippen molar-refractivity contribution in [1.82, 2.24) is 15.5 Å². The Morgan fingerprint density at radius 2 is 1.84 bits per heavy atom. The number of nitrogens with one attached hydrogen (secondary N) is 1. The smallest absolute Gasteiger partial charge is 0.251 e. The van der Waals surface area contributed by atoms with Gasteiger partial charge in [-0.2, -0.15) is 4.98 Å². The lowest BCUT2D eigenvalue weighted by Gasteiger charge is -2.15. The lowest BCUT2D eigenvalue weighted by molar-refractivity contribution is 0.0928. The van der Waals surface area contributed by atoms with E-state index in [0.717, 1.165) is 11.1 Å². The van der Waals surface area contributed by atoms with Gasteiger partial charge < -0.3 is 14.6 Å². The number of rotatable bonds is 7. The molecule has 1 atom stereocenters. The second-order valence-corrected chi connectivity index (χ2v) is 7.35. The summed E-state index contributed by atoms with van der Waals surface area (Å²) in [6.45, 7) is 0. The molecule has 0 fully saturated rings. The van der Waals surface area contributed by atoms with Crippen LogP contribution in [0.15, 0.2) is 83.4 Å². The lowest BCUT2D eigenvalue weighted by atomic mass is 10.1. The fraction of sp³-hybridized carbons (Fsp3) is 0.125. The standard InChI is InChI=1S/C24H20ClN3O3/c1-30-20-12-10-17(11-13-20)23(29)26-21(14-16-6-3-2-4-7-16)24-27-22(28-31-24)18-8-5-9-19(25)15-18/h2-13,15,21H,14H2,1H3,(H,26,29)/t21-/m1/s1. The third kappa shape index (κ3) is 5.10. The second kappa shape index (κ2) is 9.45. The Bertz CT molecular complexity index is 1160. The Kier molecular flexibility index (Phi) is 6.29. The van der Waals surface area contributed by atoms with Gasteiger partial charge in [0.2, 0.25) is 11.7 Å². The van der Waals surface area contributed by atoms with E-state index in [0.29, 0.717) is 34.5 Å². The Balaban J connectivity index is 1.60. The molecule has 3 aromatic carbocycles. The van der Waals surface area contributed by atoms with Gasteiger partial charge in [-0.1, -0.05) is 59.2 Å². The van der Waals surface area contributed by atoms with Gasteiger partial charge in [-0.3, -0.25) is 4.79 Å². The molecule has 31 heavy (non-hydrogen) atoms. The Labute approximate surface area is 184 Å². The summed E-state index contributed by atoms with van der Waals surface area (Å²) in [5.41, 5.74) is 2.28. The quantitative estimate of drug-likeness (QED) is 0.438. The molecule has 0 radical (unpaired) electrons. The molecule has 7 heteroatoms. The SMILES string of the molecule is COc1ccc(C(=O)N[C@H](Cc2ccccc2)c2nc(-c3cccc(Cl)c3)no2)cc1. The van der Waals surface area contributed by atoms with Crippen molar-refractivity contribution < 1.29 is 14.1 Å². The molecule has 156 valence electrons. The zero-order chi connectivity index (χ0) is 21.6. The second-order valence-electron chi connectivity index (χ2n) is 6.91. The molecule has 0 unspecified atom stereocenters. The summed E-state index contributed by atoms with van der Waals surface area (Å²) in [6.07, 6.45) is 0.500. The summed E-state index contributed by atoms with van der Waals surface area (Å²) < 4.78 is 10.7. The molecule has 1 N–H and O–H groups in total. The number of carbonyl (C=O) groups excluding carboxylic acids is 1. The molecule has 0 aliphatic rings. The summed E-state index contributed by atoms with van der Waals surface area (Å²) in [4.78, 5) is 17.4.